The molecule has 0 spiro atoms. The quantitative estimate of drug-likeness (QED) is 0.739. The first-order valence-corrected chi connectivity index (χ1v) is 12.0. The van der Waals surface area contributed by atoms with E-state index in [9.17, 15) is 13.2 Å². The molecule has 5 nitrogen and oxygen atoms in total. The van der Waals surface area contributed by atoms with Crippen molar-refractivity contribution in [1.82, 2.24) is 0 Å². The first kappa shape index (κ1) is 19.5. The van der Waals surface area contributed by atoms with Gasteiger partial charge in [0.2, 0.25) is 0 Å². The molecule has 2 aliphatic rings. The maximum absolute atomic E-state index is 12.6. The Balaban J connectivity index is 1.65. The molecule has 2 atom stereocenters. The van der Waals surface area contributed by atoms with Gasteiger partial charge >= 0.3 is 0 Å². The van der Waals surface area contributed by atoms with Crippen LogP contribution in [0, 0.1) is 6.92 Å². The number of anilines is 1. The molecule has 0 aliphatic carbocycles. The number of amides is 1. The van der Waals surface area contributed by atoms with Gasteiger partial charge in [0.15, 0.2) is 15.0 Å². The smallest absolute Gasteiger partial charge is 0.252 e. The number of aliphatic imine (C=N–C) groups is 1. The second-order valence-corrected chi connectivity index (χ2v) is 10.9. The number of carbonyl (C=O) groups excluding carboxylic acids is 1. The average Bonchev–Trinajstić information content (AvgIpc) is 3.05. The molecule has 146 valence electrons. The predicted molar refractivity (Wildman–Crippen MR) is 115 cm³/mol. The Labute approximate surface area is 173 Å². The molecular weight excluding hydrogens is 416 g/mol. The Morgan fingerprint density at radius 3 is 2.75 bits per heavy atom. The molecule has 2 aliphatic heterocycles. The first-order chi connectivity index (χ1) is 13.3. The van der Waals surface area contributed by atoms with Gasteiger partial charge in [-0.25, -0.2) is 8.42 Å². The molecule has 4 rings (SSSR count). The van der Waals surface area contributed by atoms with Crippen molar-refractivity contribution in [3.05, 3.63) is 64.7 Å². The Morgan fingerprint density at radius 1 is 1.21 bits per heavy atom. The lowest BCUT2D eigenvalue weighted by Gasteiger charge is -2.24. The van der Waals surface area contributed by atoms with E-state index in [0.717, 1.165) is 16.8 Å². The fraction of sp³-hybridized carbons (Fsp3) is 0.300. The first-order valence-electron chi connectivity index (χ1n) is 8.90. The fourth-order valence-electron chi connectivity index (χ4n) is 3.64. The summed E-state index contributed by atoms with van der Waals surface area (Å²) in [5.74, 6) is -0.0878. The van der Waals surface area contributed by atoms with E-state index in [4.69, 9.17) is 11.6 Å². The molecule has 0 N–H and O–H groups in total. The molecule has 28 heavy (non-hydrogen) atoms. The molecule has 2 fully saturated rings. The van der Waals surface area contributed by atoms with Gasteiger partial charge < -0.3 is 4.90 Å². The van der Waals surface area contributed by atoms with Crippen molar-refractivity contribution in [2.24, 2.45) is 4.99 Å². The number of aryl methyl sites for hydroxylation is 1. The van der Waals surface area contributed by atoms with E-state index < -0.39 is 9.84 Å². The van der Waals surface area contributed by atoms with Crippen LogP contribution in [0.2, 0.25) is 5.02 Å². The highest BCUT2D eigenvalue weighted by atomic mass is 35.5. The van der Waals surface area contributed by atoms with E-state index in [-0.39, 0.29) is 35.1 Å². The van der Waals surface area contributed by atoms with Gasteiger partial charge in [-0.1, -0.05) is 59.3 Å². The Kier molecular flexibility index (Phi) is 5.24. The van der Waals surface area contributed by atoms with Crippen molar-refractivity contribution >= 4 is 50.0 Å². The molecule has 0 saturated carbocycles. The number of nitrogens with zero attached hydrogens (tertiary/aromatic N) is 2. The fourth-order valence-corrected chi connectivity index (χ4v) is 7.75. The lowest BCUT2D eigenvalue weighted by Crippen LogP contribution is -2.37. The van der Waals surface area contributed by atoms with Gasteiger partial charge in [0.1, 0.15) is 0 Å². The number of hydrogen-bond donors (Lipinski definition) is 0. The second-order valence-electron chi connectivity index (χ2n) is 7.10. The van der Waals surface area contributed by atoms with Gasteiger partial charge in [0.25, 0.3) is 5.91 Å². The van der Waals surface area contributed by atoms with E-state index >= 15 is 0 Å². The number of amidine groups is 1. The van der Waals surface area contributed by atoms with Crippen molar-refractivity contribution in [2.75, 3.05) is 16.4 Å². The highest BCUT2D eigenvalue weighted by molar-refractivity contribution is 8.16. The van der Waals surface area contributed by atoms with Gasteiger partial charge in [-0.15, -0.1) is 0 Å². The highest BCUT2D eigenvalue weighted by Gasteiger charge is 2.49. The number of sulfone groups is 1. The van der Waals surface area contributed by atoms with Crippen molar-refractivity contribution in [1.29, 1.82) is 0 Å². The number of rotatable bonds is 3. The number of fused-ring (bicyclic) bond motifs is 1. The van der Waals surface area contributed by atoms with Crippen molar-refractivity contribution in [3.8, 4) is 0 Å². The summed E-state index contributed by atoms with van der Waals surface area (Å²) in [6.07, 6.45) is 0.211. The zero-order valence-electron chi connectivity index (χ0n) is 15.2. The molecule has 0 bridgehead atoms. The Hall–Kier alpha value is -1.83. The molecule has 0 aromatic heterocycles. The number of carbonyl (C=O) groups is 1. The van der Waals surface area contributed by atoms with Gasteiger partial charge in [0, 0.05) is 16.0 Å². The van der Waals surface area contributed by atoms with Crippen LogP contribution in [0.15, 0.2) is 53.5 Å². The van der Waals surface area contributed by atoms with Crippen LogP contribution < -0.4 is 4.90 Å². The van der Waals surface area contributed by atoms with Crippen LogP contribution in [0.3, 0.4) is 0 Å². The summed E-state index contributed by atoms with van der Waals surface area (Å²) in [7, 11) is -3.10. The van der Waals surface area contributed by atoms with E-state index in [2.05, 4.69) is 4.99 Å². The van der Waals surface area contributed by atoms with E-state index in [1.807, 2.05) is 48.2 Å². The van der Waals surface area contributed by atoms with Crippen LogP contribution in [-0.2, 0) is 21.1 Å². The molecule has 8 heteroatoms. The largest absolute Gasteiger partial charge is 0.316 e. The van der Waals surface area contributed by atoms with Crippen LogP contribution in [0.25, 0.3) is 0 Å². The molecule has 2 aromatic rings. The minimum Gasteiger partial charge on any atom is -0.316 e. The molecule has 0 unspecified atom stereocenters. The third kappa shape index (κ3) is 4.11. The van der Waals surface area contributed by atoms with Gasteiger partial charge in [-0.3, -0.25) is 4.79 Å². The molecule has 0 radical (unpaired) electrons. The van der Waals surface area contributed by atoms with Gasteiger partial charge in [-0.2, -0.15) is 4.99 Å². The molecule has 1 amide bonds. The van der Waals surface area contributed by atoms with Crippen molar-refractivity contribution in [2.45, 2.75) is 24.6 Å². The summed E-state index contributed by atoms with van der Waals surface area (Å²) in [5, 5.41) is 0.969. The minimum absolute atomic E-state index is 0.0578. The summed E-state index contributed by atoms with van der Waals surface area (Å²) in [6.45, 7) is 1.98. The van der Waals surface area contributed by atoms with Gasteiger partial charge in [0.05, 0.1) is 24.0 Å². The maximum Gasteiger partial charge on any atom is 0.252 e. The third-order valence-corrected chi connectivity index (χ3v) is 8.26. The standard InChI is InChI=1S/C20H19ClN2O3S2/c1-13-4-2-5-14(8-13)9-19(24)22-20-23(16-7-3-6-15(21)10-16)17-11-28(25,26)12-18(17)27-20/h2-8,10,17-18H,9,11-12H2,1H3/t17-,18-/m1/s1. The number of thioether (sulfide) groups is 1. The maximum atomic E-state index is 12.6. The molecule has 2 heterocycles. The summed E-state index contributed by atoms with van der Waals surface area (Å²) in [4.78, 5) is 18.8. The summed E-state index contributed by atoms with van der Waals surface area (Å²) >= 11 is 7.51. The highest BCUT2D eigenvalue weighted by Crippen LogP contribution is 2.41. The molecule has 2 saturated heterocycles. The number of hydrogen-bond acceptors (Lipinski definition) is 4. The average molecular weight is 435 g/mol. The van der Waals surface area contributed by atoms with Crippen LogP contribution in [0.5, 0.6) is 0 Å². The van der Waals surface area contributed by atoms with Crippen molar-refractivity contribution < 1.29 is 13.2 Å². The third-order valence-electron chi connectivity index (χ3n) is 4.81. The molecule has 2 aromatic carbocycles. The van der Waals surface area contributed by atoms with Crippen LogP contribution in [0.4, 0.5) is 5.69 Å². The topological polar surface area (TPSA) is 66.8 Å². The summed E-state index contributed by atoms with van der Waals surface area (Å²) in [6, 6.07) is 14.7. The zero-order chi connectivity index (χ0) is 19.9. The molecular formula is C20H19ClN2O3S2. The predicted octanol–water partition coefficient (Wildman–Crippen LogP) is 3.49. The van der Waals surface area contributed by atoms with Crippen molar-refractivity contribution in [3.63, 3.8) is 0 Å². The lowest BCUT2D eigenvalue weighted by molar-refractivity contribution is -0.117. The summed E-state index contributed by atoms with van der Waals surface area (Å²) in [5.41, 5.74) is 2.76. The second kappa shape index (κ2) is 7.54. The normalized spacial score (nSPS) is 24.5. The number of benzene rings is 2. The van der Waals surface area contributed by atoms with E-state index in [0.29, 0.717) is 10.2 Å². The van der Waals surface area contributed by atoms with E-state index in [1.165, 1.54) is 11.8 Å². The lowest BCUT2D eigenvalue weighted by atomic mass is 10.1. The Bertz CT molecular complexity index is 1070. The zero-order valence-corrected chi connectivity index (χ0v) is 17.6. The van der Waals surface area contributed by atoms with E-state index in [1.54, 1.807) is 12.1 Å². The van der Waals surface area contributed by atoms with Crippen LogP contribution in [0.1, 0.15) is 11.1 Å². The van der Waals surface area contributed by atoms with Crippen LogP contribution >= 0.6 is 23.4 Å². The SMILES string of the molecule is Cc1cccc(CC(=O)N=C2S[C@@H]3CS(=O)(=O)C[C@H]3N2c2cccc(Cl)c2)c1. The summed E-state index contributed by atoms with van der Waals surface area (Å²) < 4.78 is 24.2. The van der Waals surface area contributed by atoms with Gasteiger partial charge in [-0.05, 0) is 30.7 Å². The Morgan fingerprint density at radius 2 is 2.00 bits per heavy atom. The van der Waals surface area contributed by atoms with Crippen LogP contribution in [-0.4, -0.2) is 42.3 Å². The minimum atomic E-state index is -3.10. The number of halogens is 1. The monoisotopic (exact) mass is 434 g/mol.